The Morgan fingerprint density at radius 2 is 1.55 bits per heavy atom. The smallest absolute Gasteiger partial charge is 0.461 e. The van der Waals surface area contributed by atoms with Crippen LogP contribution in [-0.2, 0) is 19.0 Å². The predicted molar refractivity (Wildman–Crippen MR) is 118 cm³/mol. The van der Waals surface area contributed by atoms with Crippen LogP contribution in [0.25, 0.3) is 0 Å². The zero-order valence-corrected chi connectivity index (χ0v) is 20.8. The van der Waals surface area contributed by atoms with Crippen LogP contribution in [0.5, 0.6) is 0 Å². The minimum atomic E-state index is -1.75. The van der Waals surface area contributed by atoms with Crippen molar-refractivity contribution in [2.24, 2.45) is 22.7 Å². The summed E-state index contributed by atoms with van der Waals surface area (Å²) >= 11 is 16.8. The Kier molecular flexibility index (Phi) is 11.4. The third-order valence-corrected chi connectivity index (χ3v) is 5.43. The van der Waals surface area contributed by atoms with Crippen LogP contribution < -0.4 is 0 Å². The molecule has 0 unspecified atom stereocenters. The van der Waals surface area contributed by atoms with Crippen LogP contribution in [0.3, 0.4) is 0 Å². The maximum absolute atomic E-state index is 12.6. The van der Waals surface area contributed by atoms with E-state index < -0.39 is 34.0 Å². The Balaban J connectivity index is 5.34. The summed E-state index contributed by atoms with van der Waals surface area (Å²) in [5.74, 6) is 0.125. The summed E-state index contributed by atoms with van der Waals surface area (Å²) in [5, 5.41) is 0. The Bertz CT molecular complexity index is 550. The van der Waals surface area contributed by atoms with Gasteiger partial charge in [0.25, 0.3) is 0 Å². The first-order valence-corrected chi connectivity index (χ1v) is 10.8. The number of carbonyl (C=O) groups excluding carboxylic acids is 2. The van der Waals surface area contributed by atoms with Gasteiger partial charge in [-0.05, 0) is 43.9 Å². The van der Waals surface area contributed by atoms with Gasteiger partial charge >= 0.3 is 12.1 Å². The summed E-state index contributed by atoms with van der Waals surface area (Å²) in [5.41, 5.74) is -0.951. The predicted octanol–water partition coefficient (Wildman–Crippen LogP) is 6.73. The molecule has 0 aliphatic heterocycles. The van der Waals surface area contributed by atoms with E-state index in [0.29, 0.717) is 12.3 Å². The second kappa shape index (κ2) is 11.7. The van der Waals surface area contributed by atoms with E-state index in [9.17, 15) is 9.59 Å². The maximum atomic E-state index is 12.6. The van der Waals surface area contributed by atoms with Gasteiger partial charge in [0.05, 0.1) is 5.41 Å². The van der Waals surface area contributed by atoms with Crippen LogP contribution in [-0.4, -0.2) is 35.2 Å². The molecule has 8 heteroatoms. The van der Waals surface area contributed by atoms with Crippen LogP contribution in [0.1, 0.15) is 61.3 Å². The first kappa shape index (κ1) is 28.4. The van der Waals surface area contributed by atoms with Crippen molar-refractivity contribution >= 4 is 46.9 Å². The van der Waals surface area contributed by atoms with E-state index in [0.717, 1.165) is 6.42 Å². The van der Waals surface area contributed by atoms with E-state index >= 15 is 0 Å². The largest absolute Gasteiger partial charge is 0.508 e. The summed E-state index contributed by atoms with van der Waals surface area (Å²) in [7, 11) is 0. The number of rotatable bonds is 10. The van der Waals surface area contributed by atoms with Gasteiger partial charge in [-0.25, -0.2) is 4.79 Å². The van der Waals surface area contributed by atoms with Crippen molar-refractivity contribution in [2.45, 2.75) is 71.2 Å². The van der Waals surface area contributed by atoms with Gasteiger partial charge < -0.3 is 14.2 Å². The SMILES string of the molecule is C=CCOC(=O)C(C)(C)[C@H](C[C@H](C)C[C@H](C)C(C)(C)C)OC(=O)OCC(Cl)(Cl)Cl. The summed E-state index contributed by atoms with van der Waals surface area (Å²) in [6, 6.07) is 0. The Morgan fingerprint density at radius 1 is 1.00 bits per heavy atom. The molecule has 0 aliphatic carbocycles. The molecule has 0 spiro atoms. The van der Waals surface area contributed by atoms with Crippen LogP contribution in [0, 0.1) is 22.7 Å². The second-order valence-electron chi connectivity index (χ2n) is 9.21. The standard InChI is InChI=1S/C21H35Cl3O5/c1-9-10-27-17(25)20(7,8)16(29-18(26)28-13-21(22,23)24)12-14(2)11-15(3)19(4,5)6/h9,14-16H,1,10-13H2,2-8H3/t14-,15+,16+/m1/s1. The topological polar surface area (TPSA) is 61.8 Å². The Morgan fingerprint density at radius 3 is 2.00 bits per heavy atom. The van der Waals surface area contributed by atoms with Gasteiger partial charge in [-0.3, -0.25) is 4.79 Å². The first-order valence-electron chi connectivity index (χ1n) is 9.69. The van der Waals surface area contributed by atoms with Crippen LogP contribution in [0.15, 0.2) is 12.7 Å². The van der Waals surface area contributed by atoms with E-state index in [1.807, 2.05) is 0 Å². The van der Waals surface area contributed by atoms with Crippen molar-refractivity contribution in [3.63, 3.8) is 0 Å². The monoisotopic (exact) mass is 472 g/mol. The highest BCUT2D eigenvalue weighted by atomic mass is 35.6. The molecule has 0 aromatic carbocycles. The van der Waals surface area contributed by atoms with E-state index in [4.69, 9.17) is 49.0 Å². The summed E-state index contributed by atoms with van der Waals surface area (Å²) in [4.78, 5) is 24.7. The highest BCUT2D eigenvalue weighted by molar-refractivity contribution is 6.67. The molecular weight excluding hydrogens is 439 g/mol. The normalized spacial score (nSPS) is 15.8. The number of esters is 1. The molecule has 0 rings (SSSR count). The lowest BCUT2D eigenvalue weighted by Gasteiger charge is -2.35. The second-order valence-corrected chi connectivity index (χ2v) is 11.7. The zero-order chi connectivity index (χ0) is 23.0. The van der Waals surface area contributed by atoms with Crippen LogP contribution >= 0.6 is 34.8 Å². The zero-order valence-electron chi connectivity index (χ0n) is 18.5. The fourth-order valence-corrected chi connectivity index (χ4v) is 2.82. The number of carbonyl (C=O) groups is 2. The Labute approximate surface area is 190 Å². The average molecular weight is 474 g/mol. The molecule has 0 bridgehead atoms. The molecule has 0 amide bonds. The summed E-state index contributed by atoms with van der Waals surface area (Å²) in [6.07, 6.45) is 1.07. The summed E-state index contributed by atoms with van der Waals surface area (Å²) < 4.78 is 13.8. The molecule has 0 saturated heterocycles. The minimum Gasteiger partial charge on any atom is -0.461 e. The first-order chi connectivity index (χ1) is 13.0. The van der Waals surface area contributed by atoms with Gasteiger partial charge in [-0.1, -0.05) is 82.1 Å². The average Bonchev–Trinajstić information content (AvgIpc) is 2.55. The van der Waals surface area contributed by atoms with Gasteiger partial charge in [-0.2, -0.15) is 0 Å². The lowest BCUT2D eigenvalue weighted by Crippen LogP contribution is -2.43. The molecule has 0 heterocycles. The van der Waals surface area contributed by atoms with Crippen molar-refractivity contribution in [1.82, 2.24) is 0 Å². The third-order valence-electron chi connectivity index (χ3n) is 5.11. The van der Waals surface area contributed by atoms with Gasteiger partial charge in [0, 0.05) is 0 Å². The van der Waals surface area contributed by atoms with Gasteiger partial charge in [0.1, 0.15) is 19.3 Å². The molecule has 0 radical (unpaired) electrons. The molecule has 170 valence electrons. The molecular formula is C21H35Cl3O5. The minimum absolute atomic E-state index is 0.0727. The molecule has 0 N–H and O–H groups in total. The lowest BCUT2D eigenvalue weighted by atomic mass is 9.74. The van der Waals surface area contributed by atoms with Crippen molar-refractivity contribution in [3.05, 3.63) is 12.7 Å². The number of alkyl halides is 3. The van der Waals surface area contributed by atoms with Crippen LogP contribution in [0.4, 0.5) is 4.79 Å². The maximum Gasteiger partial charge on any atom is 0.508 e. The molecule has 0 aromatic rings. The van der Waals surface area contributed by atoms with E-state index in [-0.39, 0.29) is 17.9 Å². The van der Waals surface area contributed by atoms with E-state index in [1.165, 1.54) is 6.08 Å². The van der Waals surface area contributed by atoms with Crippen LogP contribution in [0.2, 0.25) is 0 Å². The number of hydrogen-bond donors (Lipinski definition) is 0. The van der Waals surface area contributed by atoms with Crippen molar-refractivity contribution < 1.29 is 23.8 Å². The number of halogens is 3. The number of hydrogen-bond acceptors (Lipinski definition) is 5. The molecule has 0 saturated carbocycles. The molecule has 5 nitrogen and oxygen atoms in total. The van der Waals surface area contributed by atoms with Crippen molar-refractivity contribution in [2.75, 3.05) is 13.2 Å². The highest BCUT2D eigenvalue weighted by Gasteiger charge is 2.42. The van der Waals surface area contributed by atoms with Gasteiger partial charge in [0.2, 0.25) is 3.79 Å². The van der Waals surface area contributed by atoms with E-state index in [2.05, 4.69) is 41.2 Å². The fraction of sp³-hybridized carbons (Fsp3) is 0.810. The van der Waals surface area contributed by atoms with Gasteiger partial charge in [0.15, 0.2) is 0 Å². The molecule has 3 atom stereocenters. The van der Waals surface area contributed by atoms with Crippen molar-refractivity contribution in [3.8, 4) is 0 Å². The van der Waals surface area contributed by atoms with Gasteiger partial charge in [-0.15, -0.1) is 0 Å². The molecule has 29 heavy (non-hydrogen) atoms. The molecule has 0 aromatic heterocycles. The lowest BCUT2D eigenvalue weighted by molar-refractivity contribution is -0.161. The third kappa shape index (κ3) is 11.4. The van der Waals surface area contributed by atoms with E-state index in [1.54, 1.807) is 13.8 Å². The molecule has 0 aliphatic rings. The fourth-order valence-electron chi connectivity index (χ4n) is 2.65. The number of ether oxygens (including phenoxy) is 3. The molecule has 0 fully saturated rings. The Hall–Kier alpha value is -0.650. The summed E-state index contributed by atoms with van der Waals surface area (Å²) in [6.45, 7) is 17.3. The quantitative estimate of drug-likeness (QED) is 0.200. The highest BCUT2D eigenvalue weighted by Crippen LogP contribution is 2.36. The van der Waals surface area contributed by atoms with Crippen molar-refractivity contribution in [1.29, 1.82) is 0 Å².